The van der Waals surface area contributed by atoms with E-state index in [1.165, 1.54) is 28.4 Å². The molecule has 1 fully saturated rings. The molecule has 102 valence electrons. The minimum absolute atomic E-state index is 0.781. The van der Waals surface area contributed by atoms with Crippen molar-refractivity contribution < 1.29 is 0 Å². The van der Waals surface area contributed by atoms with Gasteiger partial charge < -0.3 is 5.32 Å². The first-order valence-corrected chi connectivity index (χ1v) is 8.01. The van der Waals surface area contributed by atoms with Gasteiger partial charge in [0.2, 0.25) is 0 Å². The second kappa shape index (κ2) is 6.64. The molecule has 1 aromatic rings. The van der Waals surface area contributed by atoms with Crippen LogP contribution in [0.4, 0.5) is 0 Å². The largest absolute Gasteiger partial charge is 0.309 e. The molecule has 0 aromatic carbocycles. The van der Waals surface area contributed by atoms with E-state index >= 15 is 0 Å². The number of aromatic nitrogens is 1. The Balaban J connectivity index is 1.97. The van der Waals surface area contributed by atoms with Gasteiger partial charge in [0.05, 0.1) is 12.2 Å². The van der Waals surface area contributed by atoms with E-state index in [9.17, 15) is 0 Å². The summed E-state index contributed by atoms with van der Waals surface area (Å²) in [5.74, 6) is 0. The molecule has 1 saturated carbocycles. The number of nitrogens with zero attached hydrogens (tertiary/aromatic N) is 2. The predicted molar refractivity (Wildman–Crippen MR) is 78.0 cm³/mol. The Morgan fingerprint density at radius 3 is 2.56 bits per heavy atom. The Kier molecular flexibility index (Phi) is 5.15. The van der Waals surface area contributed by atoms with Crippen LogP contribution in [0.15, 0.2) is 0 Å². The van der Waals surface area contributed by atoms with E-state index in [1.54, 1.807) is 0 Å². The molecule has 0 amide bonds. The summed E-state index contributed by atoms with van der Waals surface area (Å²) < 4.78 is 0. The number of aryl methyl sites for hydroxylation is 1. The predicted octanol–water partition coefficient (Wildman–Crippen LogP) is 2.80. The van der Waals surface area contributed by atoms with Crippen molar-refractivity contribution in [3.8, 4) is 0 Å². The van der Waals surface area contributed by atoms with Gasteiger partial charge in [-0.3, -0.25) is 4.90 Å². The summed E-state index contributed by atoms with van der Waals surface area (Å²) in [7, 11) is 0. The molecule has 0 aliphatic heterocycles. The molecule has 1 aliphatic rings. The fourth-order valence-electron chi connectivity index (χ4n) is 2.08. The van der Waals surface area contributed by atoms with E-state index in [1.807, 2.05) is 11.3 Å². The molecule has 1 N–H and O–H groups in total. The van der Waals surface area contributed by atoms with Crippen molar-refractivity contribution in [2.24, 2.45) is 0 Å². The van der Waals surface area contributed by atoms with Gasteiger partial charge in [0.15, 0.2) is 0 Å². The zero-order valence-corrected chi connectivity index (χ0v) is 12.6. The highest BCUT2D eigenvalue weighted by Gasteiger charge is 2.21. The number of nitrogens with one attached hydrogen (secondary N) is 1. The molecular formula is C14H25N3S. The monoisotopic (exact) mass is 267 g/mol. The first-order chi connectivity index (χ1) is 8.76. The number of thiazole rings is 1. The Bertz CT molecular complexity index is 367. The van der Waals surface area contributed by atoms with Crippen LogP contribution in [0.1, 0.15) is 49.2 Å². The second-order valence-corrected chi connectivity index (χ2v) is 6.12. The lowest BCUT2D eigenvalue weighted by atomic mass is 10.3. The summed E-state index contributed by atoms with van der Waals surface area (Å²) in [6.07, 6.45) is 3.76. The SMILES string of the molecule is CCc1nc(CN(CC)CC)sc1CNC1CC1. The standard InChI is InChI=1S/C14H25N3S/c1-4-12-13(9-15-11-7-8-11)18-14(16-12)10-17(5-2)6-3/h11,15H,4-10H2,1-3H3. The van der Waals surface area contributed by atoms with E-state index in [-0.39, 0.29) is 0 Å². The van der Waals surface area contributed by atoms with Gasteiger partial charge in [-0.2, -0.15) is 0 Å². The van der Waals surface area contributed by atoms with Gasteiger partial charge in [-0.15, -0.1) is 11.3 Å². The van der Waals surface area contributed by atoms with Gasteiger partial charge in [-0.1, -0.05) is 20.8 Å². The maximum absolute atomic E-state index is 4.80. The Morgan fingerprint density at radius 2 is 2.00 bits per heavy atom. The highest BCUT2D eigenvalue weighted by atomic mass is 32.1. The molecule has 0 unspecified atom stereocenters. The lowest BCUT2D eigenvalue weighted by Gasteiger charge is -2.15. The van der Waals surface area contributed by atoms with Crippen molar-refractivity contribution in [2.75, 3.05) is 13.1 Å². The van der Waals surface area contributed by atoms with E-state index in [4.69, 9.17) is 4.98 Å². The molecule has 2 rings (SSSR count). The summed E-state index contributed by atoms with van der Waals surface area (Å²) in [6, 6.07) is 0.781. The summed E-state index contributed by atoms with van der Waals surface area (Å²) in [4.78, 5) is 8.68. The van der Waals surface area contributed by atoms with Crippen molar-refractivity contribution in [3.05, 3.63) is 15.6 Å². The third kappa shape index (κ3) is 3.77. The average molecular weight is 267 g/mol. The van der Waals surface area contributed by atoms with Gasteiger partial charge in [0, 0.05) is 17.5 Å². The summed E-state index contributed by atoms with van der Waals surface area (Å²) in [5.41, 5.74) is 1.30. The van der Waals surface area contributed by atoms with Crippen LogP contribution in [0.5, 0.6) is 0 Å². The highest BCUT2D eigenvalue weighted by Crippen LogP contribution is 2.24. The van der Waals surface area contributed by atoms with Crippen LogP contribution in [0.25, 0.3) is 0 Å². The molecule has 3 nitrogen and oxygen atoms in total. The molecule has 1 heterocycles. The van der Waals surface area contributed by atoms with Crippen LogP contribution in [-0.2, 0) is 19.5 Å². The molecule has 0 bridgehead atoms. The van der Waals surface area contributed by atoms with Crippen LogP contribution in [0.2, 0.25) is 0 Å². The lowest BCUT2D eigenvalue weighted by Crippen LogP contribution is -2.21. The lowest BCUT2D eigenvalue weighted by molar-refractivity contribution is 0.295. The van der Waals surface area contributed by atoms with Crippen LogP contribution in [-0.4, -0.2) is 29.0 Å². The van der Waals surface area contributed by atoms with Gasteiger partial charge in [0.25, 0.3) is 0 Å². The summed E-state index contributed by atoms with van der Waals surface area (Å²) >= 11 is 1.90. The average Bonchev–Trinajstić information content (AvgIpc) is 3.14. The fourth-order valence-corrected chi connectivity index (χ4v) is 3.23. The molecule has 0 atom stereocenters. The zero-order chi connectivity index (χ0) is 13.0. The third-order valence-corrected chi connectivity index (χ3v) is 4.62. The molecule has 4 heteroatoms. The summed E-state index contributed by atoms with van der Waals surface area (Å²) in [5, 5.41) is 4.88. The van der Waals surface area contributed by atoms with Crippen molar-refractivity contribution >= 4 is 11.3 Å². The Hall–Kier alpha value is -0.450. The minimum Gasteiger partial charge on any atom is -0.309 e. The normalized spacial score (nSPS) is 15.6. The molecular weight excluding hydrogens is 242 g/mol. The van der Waals surface area contributed by atoms with Gasteiger partial charge in [-0.05, 0) is 32.4 Å². The molecule has 0 saturated heterocycles. The van der Waals surface area contributed by atoms with Gasteiger partial charge in [0.1, 0.15) is 5.01 Å². The van der Waals surface area contributed by atoms with Crippen LogP contribution >= 0.6 is 11.3 Å². The number of hydrogen-bond acceptors (Lipinski definition) is 4. The van der Waals surface area contributed by atoms with Crippen molar-refractivity contribution in [1.82, 2.24) is 15.2 Å². The van der Waals surface area contributed by atoms with Gasteiger partial charge >= 0.3 is 0 Å². The summed E-state index contributed by atoms with van der Waals surface area (Å²) in [6.45, 7) is 10.9. The molecule has 18 heavy (non-hydrogen) atoms. The Labute approximate surface area is 115 Å². The van der Waals surface area contributed by atoms with Crippen LogP contribution < -0.4 is 5.32 Å². The first kappa shape index (κ1) is 14.0. The smallest absolute Gasteiger partial charge is 0.107 e. The number of hydrogen-bond donors (Lipinski definition) is 1. The van der Waals surface area contributed by atoms with Crippen molar-refractivity contribution in [3.63, 3.8) is 0 Å². The van der Waals surface area contributed by atoms with E-state index in [0.717, 1.165) is 38.6 Å². The molecule has 1 aromatic heterocycles. The highest BCUT2D eigenvalue weighted by molar-refractivity contribution is 7.11. The quantitative estimate of drug-likeness (QED) is 0.785. The van der Waals surface area contributed by atoms with E-state index < -0.39 is 0 Å². The first-order valence-electron chi connectivity index (χ1n) is 7.19. The third-order valence-electron chi connectivity index (χ3n) is 3.54. The maximum Gasteiger partial charge on any atom is 0.107 e. The topological polar surface area (TPSA) is 28.2 Å². The Morgan fingerprint density at radius 1 is 1.28 bits per heavy atom. The maximum atomic E-state index is 4.80. The molecule has 0 radical (unpaired) electrons. The second-order valence-electron chi connectivity index (χ2n) is 4.95. The van der Waals surface area contributed by atoms with E-state index in [2.05, 4.69) is 31.0 Å². The van der Waals surface area contributed by atoms with Crippen LogP contribution in [0.3, 0.4) is 0 Å². The molecule has 0 spiro atoms. The zero-order valence-electron chi connectivity index (χ0n) is 11.8. The van der Waals surface area contributed by atoms with Crippen molar-refractivity contribution in [2.45, 2.75) is 59.2 Å². The van der Waals surface area contributed by atoms with Gasteiger partial charge in [-0.25, -0.2) is 4.98 Å². The fraction of sp³-hybridized carbons (Fsp3) is 0.786. The van der Waals surface area contributed by atoms with E-state index in [0.29, 0.717) is 0 Å². The molecule has 1 aliphatic carbocycles. The van der Waals surface area contributed by atoms with Crippen molar-refractivity contribution in [1.29, 1.82) is 0 Å². The minimum atomic E-state index is 0.781. The number of rotatable bonds is 8. The van der Waals surface area contributed by atoms with Crippen LogP contribution in [0, 0.1) is 0 Å².